The molecule has 1 aromatic heterocycles. The first kappa shape index (κ1) is 13.8. The predicted octanol–water partition coefficient (Wildman–Crippen LogP) is 3.77. The Hall–Kier alpha value is -1.59. The smallest absolute Gasteiger partial charge is 0.272 e. The van der Waals surface area contributed by atoms with Gasteiger partial charge >= 0.3 is 0 Å². The molecule has 19 heavy (non-hydrogen) atoms. The lowest BCUT2D eigenvalue weighted by Gasteiger charge is -2.00. The summed E-state index contributed by atoms with van der Waals surface area (Å²) in [4.78, 5) is 11.8. The average molecular weight is 342 g/mol. The van der Waals surface area contributed by atoms with E-state index in [1.807, 2.05) is 6.92 Å². The molecule has 4 nitrogen and oxygen atoms in total. The Morgan fingerprint density at radius 1 is 1.47 bits per heavy atom. The molecule has 2 rings (SSSR count). The average Bonchev–Trinajstić information content (AvgIpc) is 2.69. The number of furan rings is 1. The number of hydrogen-bond donors (Lipinski definition) is 1. The Morgan fingerprint density at radius 2 is 2.21 bits per heavy atom. The van der Waals surface area contributed by atoms with E-state index in [1.54, 1.807) is 30.3 Å². The molecule has 2 aromatic rings. The molecule has 1 aromatic carbocycles. The van der Waals surface area contributed by atoms with E-state index in [0.29, 0.717) is 16.3 Å². The third-order valence-electron chi connectivity index (χ3n) is 2.35. The first-order valence-electron chi connectivity index (χ1n) is 5.42. The van der Waals surface area contributed by atoms with Crippen LogP contribution in [0.4, 0.5) is 0 Å². The SMILES string of the molecule is Cc1oc(/C=N\NC(=O)c2ccccc2Cl)cc1Br. The predicted molar refractivity (Wildman–Crippen MR) is 77.7 cm³/mol. The summed E-state index contributed by atoms with van der Waals surface area (Å²) in [6, 6.07) is 8.53. The van der Waals surface area contributed by atoms with Gasteiger partial charge in [0, 0.05) is 6.07 Å². The molecule has 1 N–H and O–H groups in total. The van der Waals surface area contributed by atoms with Crippen molar-refractivity contribution in [1.29, 1.82) is 0 Å². The normalized spacial score (nSPS) is 10.9. The highest BCUT2D eigenvalue weighted by molar-refractivity contribution is 9.10. The van der Waals surface area contributed by atoms with Gasteiger partial charge in [0.05, 0.1) is 21.3 Å². The minimum absolute atomic E-state index is 0.371. The summed E-state index contributed by atoms with van der Waals surface area (Å²) in [7, 11) is 0. The van der Waals surface area contributed by atoms with Gasteiger partial charge in [-0.15, -0.1) is 0 Å². The van der Waals surface area contributed by atoms with Crippen LogP contribution < -0.4 is 5.43 Å². The molecular weight excluding hydrogens is 332 g/mol. The van der Waals surface area contributed by atoms with E-state index < -0.39 is 0 Å². The van der Waals surface area contributed by atoms with Crippen molar-refractivity contribution in [2.75, 3.05) is 0 Å². The van der Waals surface area contributed by atoms with Crippen LogP contribution in [-0.4, -0.2) is 12.1 Å². The van der Waals surface area contributed by atoms with Crippen molar-refractivity contribution in [3.05, 3.63) is 56.9 Å². The molecule has 0 fully saturated rings. The molecule has 0 saturated heterocycles. The second-order valence-corrected chi connectivity index (χ2v) is 4.99. The van der Waals surface area contributed by atoms with E-state index in [2.05, 4.69) is 26.5 Å². The molecule has 0 atom stereocenters. The van der Waals surface area contributed by atoms with Crippen LogP contribution in [0.2, 0.25) is 5.02 Å². The molecule has 0 aliphatic rings. The zero-order chi connectivity index (χ0) is 13.8. The van der Waals surface area contributed by atoms with Crippen LogP contribution in [0, 0.1) is 6.92 Å². The fraction of sp³-hybridized carbons (Fsp3) is 0.0769. The molecule has 6 heteroatoms. The van der Waals surface area contributed by atoms with Gasteiger partial charge in [-0.3, -0.25) is 4.79 Å². The third kappa shape index (κ3) is 3.45. The van der Waals surface area contributed by atoms with Crippen LogP contribution in [0.25, 0.3) is 0 Å². The quantitative estimate of drug-likeness (QED) is 0.682. The van der Waals surface area contributed by atoms with E-state index >= 15 is 0 Å². The van der Waals surface area contributed by atoms with Gasteiger partial charge < -0.3 is 4.42 Å². The number of nitrogens with zero attached hydrogens (tertiary/aromatic N) is 1. The first-order valence-corrected chi connectivity index (χ1v) is 6.59. The molecule has 0 unspecified atom stereocenters. The van der Waals surface area contributed by atoms with E-state index in [4.69, 9.17) is 16.0 Å². The third-order valence-corrected chi connectivity index (χ3v) is 3.47. The Labute approximate surface area is 123 Å². The molecule has 1 amide bonds. The largest absolute Gasteiger partial charge is 0.459 e. The lowest BCUT2D eigenvalue weighted by Crippen LogP contribution is -2.17. The van der Waals surface area contributed by atoms with Gasteiger partial charge in [-0.25, -0.2) is 5.43 Å². The van der Waals surface area contributed by atoms with E-state index in [9.17, 15) is 4.79 Å². The number of carbonyl (C=O) groups is 1. The standard InChI is InChI=1S/C13H10BrClN2O2/c1-8-11(14)6-9(19-8)7-16-17-13(18)10-4-2-3-5-12(10)15/h2-7H,1H3,(H,17,18)/b16-7-. The van der Waals surface area contributed by atoms with Crippen molar-refractivity contribution in [2.24, 2.45) is 5.10 Å². The van der Waals surface area contributed by atoms with Crippen LogP contribution in [0.3, 0.4) is 0 Å². The van der Waals surface area contributed by atoms with E-state index in [1.165, 1.54) is 6.21 Å². The monoisotopic (exact) mass is 340 g/mol. The van der Waals surface area contributed by atoms with E-state index in [0.717, 1.165) is 10.2 Å². The number of hydrogen-bond acceptors (Lipinski definition) is 3. The Balaban J connectivity index is 2.03. The van der Waals surface area contributed by atoms with Crippen molar-refractivity contribution in [2.45, 2.75) is 6.92 Å². The maximum atomic E-state index is 11.8. The molecular formula is C13H10BrClN2O2. The Morgan fingerprint density at radius 3 is 2.84 bits per heavy atom. The van der Waals surface area contributed by atoms with E-state index in [-0.39, 0.29) is 5.91 Å². The molecule has 0 aliphatic carbocycles. The summed E-state index contributed by atoms with van der Waals surface area (Å²) in [5, 5.41) is 4.20. The fourth-order valence-corrected chi connectivity index (χ4v) is 1.93. The summed E-state index contributed by atoms with van der Waals surface area (Å²) in [5.41, 5.74) is 2.76. The molecule has 0 saturated carbocycles. The Bertz CT molecular complexity index is 618. The topological polar surface area (TPSA) is 54.6 Å². The van der Waals surface area contributed by atoms with Crippen LogP contribution in [0.15, 0.2) is 44.3 Å². The molecule has 0 aliphatic heterocycles. The Kier molecular flexibility index (Phi) is 4.39. The highest BCUT2D eigenvalue weighted by Crippen LogP contribution is 2.19. The number of halogens is 2. The summed E-state index contributed by atoms with van der Waals surface area (Å²) in [6.45, 7) is 1.82. The molecule has 0 spiro atoms. The summed E-state index contributed by atoms with van der Waals surface area (Å²) in [6.07, 6.45) is 1.42. The number of hydrazone groups is 1. The highest BCUT2D eigenvalue weighted by Gasteiger charge is 2.08. The van der Waals surface area contributed by atoms with Crippen LogP contribution >= 0.6 is 27.5 Å². The van der Waals surface area contributed by atoms with Gasteiger partial charge in [-0.05, 0) is 35.0 Å². The number of benzene rings is 1. The van der Waals surface area contributed by atoms with Crippen LogP contribution in [-0.2, 0) is 0 Å². The van der Waals surface area contributed by atoms with Crippen molar-refractivity contribution in [3.8, 4) is 0 Å². The first-order chi connectivity index (χ1) is 9.08. The second-order valence-electron chi connectivity index (χ2n) is 3.73. The molecule has 0 radical (unpaired) electrons. The summed E-state index contributed by atoms with van der Waals surface area (Å²) < 4.78 is 6.21. The second kappa shape index (κ2) is 6.04. The minimum atomic E-state index is -0.371. The molecule has 1 heterocycles. The van der Waals surface area contributed by atoms with Gasteiger partial charge in [0.2, 0.25) is 0 Å². The lowest BCUT2D eigenvalue weighted by atomic mass is 10.2. The van der Waals surface area contributed by atoms with Gasteiger partial charge in [-0.1, -0.05) is 23.7 Å². The van der Waals surface area contributed by atoms with Gasteiger partial charge in [0.15, 0.2) is 0 Å². The van der Waals surface area contributed by atoms with Crippen molar-refractivity contribution >= 4 is 39.7 Å². The van der Waals surface area contributed by atoms with Crippen LogP contribution in [0.5, 0.6) is 0 Å². The van der Waals surface area contributed by atoms with Crippen molar-refractivity contribution in [3.63, 3.8) is 0 Å². The highest BCUT2D eigenvalue weighted by atomic mass is 79.9. The van der Waals surface area contributed by atoms with Crippen molar-refractivity contribution in [1.82, 2.24) is 5.43 Å². The summed E-state index contributed by atoms with van der Waals surface area (Å²) in [5.74, 6) is 0.923. The zero-order valence-electron chi connectivity index (χ0n) is 9.98. The molecule has 98 valence electrons. The number of aryl methyl sites for hydroxylation is 1. The lowest BCUT2D eigenvalue weighted by molar-refractivity contribution is 0.0955. The van der Waals surface area contributed by atoms with Gasteiger partial charge in [-0.2, -0.15) is 5.10 Å². The number of amides is 1. The number of nitrogens with one attached hydrogen (secondary N) is 1. The number of rotatable bonds is 3. The fourth-order valence-electron chi connectivity index (χ4n) is 1.41. The van der Waals surface area contributed by atoms with Gasteiger partial charge in [0.1, 0.15) is 11.5 Å². The maximum absolute atomic E-state index is 11.8. The minimum Gasteiger partial charge on any atom is -0.459 e. The zero-order valence-corrected chi connectivity index (χ0v) is 12.3. The number of carbonyl (C=O) groups excluding carboxylic acids is 1. The summed E-state index contributed by atoms with van der Waals surface area (Å²) >= 11 is 9.22. The van der Waals surface area contributed by atoms with Crippen LogP contribution in [0.1, 0.15) is 21.9 Å². The van der Waals surface area contributed by atoms with Crippen molar-refractivity contribution < 1.29 is 9.21 Å². The maximum Gasteiger partial charge on any atom is 0.272 e. The van der Waals surface area contributed by atoms with Gasteiger partial charge in [0.25, 0.3) is 5.91 Å². The molecule has 0 bridgehead atoms.